The molecule has 2 rings (SSSR count). The molecule has 0 aromatic carbocycles. The van der Waals surface area contributed by atoms with Crippen LogP contribution in [0.3, 0.4) is 0 Å². The SMILES string of the molecule is COC1=CC(=O)c2c(nc(CO)n2C)C1=O. The van der Waals surface area contributed by atoms with Crippen LogP contribution >= 0.6 is 0 Å². The number of nitrogens with zero attached hydrogens (tertiary/aromatic N) is 2. The topological polar surface area (TPSA) is 81.4 Å². The molecule has 0 fully saturated rings. The first-order valence-electron chi connectivity index (χ1n) is 4.61. The Kier molecular flexibility index (Phi) is 2.35. The van der Waals surface area contributed by atoms with Crippen LogP contribution < -0.4 is 0 Å². The van der Waals surface area contributed by atoms with Crippen LogP contribution in [0.25, 0.3) is 0 Å². The molecule has 0 unspecified atom stereocenters. The van der Waals surface area contributed by atoms with Crippen molar-refractivity contribution in [2.75, 3.05) is 7.11 Å². The molecule has 1 heterocycles. The maximum Gasteiger partial charge on any atom is 0.248 e. The molecule has 6 heteroatoms. The highest BCUT2D eigenvalue weighted by Gasteiger charge is 2.32. The summed E-state index contributed by atoms with van der Waals surface area (Å²) in [6, 6.07) is 0. The molecule has 1 aliphatic carbocycles. The highest BCUT2D eigenvalue weighted by molar-refractivity contribution is 6.22. The monoisotopic (exact) mass is 222 g/mol. The van der Waals surface area contributed by atoms with Gasteiger partial charge in [-0.3, -0.25) is 9.59 Å². The molecule has 0 saturated heterocycles. The molecule has 84 valence electrons. The van der Waals surface area contributed by atoms with E-state index in [0.29, 0.717) is 0 Å². The molecule has 0 saturated carbocycles. The Labute approximate surface area is 91.2 Å². The van der Waals surface area contributed by atoms with Crippen molar-refractivity contribution >= 4 is 11.6 Å². The van der Waals surface area contributed by atoms with Crippen LogP contribution in [0, 0.1) is 0 Å². The fourth-order valence-corrected chi connectivity index (χ4v) is 1.65. The number of ketones is 2. The lowest BCUT2D eigenvalue weighted by Crippen LogP contribution is -2.19. The predicted molar refractivity (Wildman–Crippen MR) is 52.9 cm³/mol. The van der Waals surface area contributed by atoms with Gasteiger partial charge in [0, 0.05) is 13.1 Å². The van der Waals surface area contributed by atoms with Gasteiger partial charge in [-0.15, -0.1) is 0 Å². The van der Waals surface area contributed by atoms with Crippen molar-refractivity contribution in [1.29, 1.82) is 0 Å². The first kappa shape index (κ1) is 10.6. The third-order valence-electron chi connectivity index (χ3n) is 2.48. The fourth-order valence-electron chi connectivity index (χ4n) is 1.65. The number of aliphatic hydroxyl groups is 1. The zero-order valence-electron chi connectivity index (χ0n) is 8.85. The summed E-state index contributed by atoms with van der Waals surface area (Å²) in [5, 5.41) is 9.01. The van der Waals surface area contributed by atoms with E-state index in [9.17, 15) is 9.59 Å². The zero-order valence-corrected chi connectivity index (χ0v) is 8.85. The molecule has 1 aromatic heterocycles. The molecule has 1 N–H and O–H groups in total. The maximum absolute atomic E-state index is 11.8. The quantitative estimate of drug-likeness (QED) is 0.750. The summed E-state index contributed by atoms with van der Waals surface area (Å²) < 4.78 is 6.21. The minimum Gasteiger partial charge on any atom is -0.492 e. The Morgan fingerprint density at radius 3 is 2.75 bits per heavy atom. The normalized spacial score (nSPS) is 14.8. The minimum atomic E-state index is -0.438. The zero-order chi connectivity index (χ0) is 11.9. The Morgan fingerprint density at radius 2 is 2.19 bits per heavy atom. The van der Waals surface area contributed by atoms with E-state index in [0.717, 1.165) is 6.08 Å². The third kappa shape index (κ3) is 1.27. The molecule has 16 heavy (non-hydrogen) atoms. The van der Waals surface area contributed by atoms with Crippen molar-refractivity contribution in [2.24, 2.45) is 7.05 Å². The number of hydrogen-bond donors (Lipinski definition) is 1. The van der Waals surface area contributed by atoms with Crippen molar-refractivity contribution in [3.63, 3.8) is 0 Å². The van der Waals surface area contributed by atoms with E-state index in [-0.39, 0.29) is 35.4 Å². The average Bonchev–Trinajstić information content (AvgIpc) is 2.61. The number of Topliss-reactive ketones (excluding diaryl/α,β-unsaturated/α-hetero) is 1. The van der Waals surface area contributed by atoms with Crippen molar-refractivity contribution in [2.45, 2.75) is 6.61 Å². The summed E-state index contributed by atoms with van der Waals surface area (Å²) in [6.45, 7) is -0.327. The number of carbonyl (C=O) groups is 2. The number of methoxy groups -OCH3 is 1. The van der Waals surface area contributed by atoms with Gasteiger partial charge < -0.3 is 14.4 Å². The molecule has 0 aliphatic heterocycles. The van der Waals surface area contributed by atoms with E-state index >= 15 is 0 Å². The number of hydrogen-bond acceptors (Lipinski definition) is 5. The van der Waals surface area contributed by atoms with E-state index in [1.807, 2.05) is 0 Å². The van der Waals surface area contributed by atoms with Gasteiger partial charge in [-0.25, -0.2) is 4.98 Å². The second-order valence-corrected chi connectivity index (χ2v) is 3.35. The van der Waals surface area contributed by atoms with Gasteiger partial charge in [-0.2, -0.15) is 0 Å². The molecule has 0 radical (unpaired) electrons. The van der Waals surface area contributed by atoms with Gasteiger partial charge in [0.25, 0.3) is 0 Å². The maximum atomic E-state index is 11.8. The average molecular weight is 222 g/mol. The Balaban J connectivity index is 2.63. The highest BCUT2D eigenvalue weighted by Crippen LogP contribution is 2.21. The lowest BCUT2D eigenvalue weighted by Gasteiger charge is -2.10. The van der Waals surface area contributed by atoms with Gasteiger partial charge in [0.2, 0.25) is 11.6 Å². The largest absolute Gasteiger partial charge is 0.492 e. The van der Waals surface area contributed by atoms with Crippen LogP contribution in [0.4, 0.5) is 0 Å². The van der Waals surface area contributed by atoms with Gasteiger partial charge in [-0.1, -0.05) is 0 Å². The van der Waals surface area contributed by atoms with E-state index < -0.39 is 5.78 Å². The van der Waals surface area contributed by atoms with E-state index in [1.54, 1.807) is 7.05 Å². The number of carbonyl (C=O) groups excluding carboxylic acids is 2. The smallest absolute Gasteiger partial charge is 0.248 e. The molecule has 0 amide bonds. The number of fused-ring (bicyclic) bond motifs is 1. The summed E-state index contributed by atoms with van der Waals surface area (Å²) in [4.78, 5) is 27.4. The van der Waals surface area contributed by atoms with Crippen LogP contribution in [0.1, 0.15) is 26.8 Å². The van der Waals surface area contributed by atoms with Crippen molar-refractivity contribution in [1.82, 2.24) is 9.55 Å². The fraction of sp³-hybridized carbons (Fsp3) is 0.300. The molecular weight excluding hydrogens is 212 g/mol. The lowest BCUT2D eigenvalue weighted by molar-refractivity contribution is 0.0910. The Bertz CT molecular complexity index is 513. The number of rotatable bonds is 2. The molecule has 0 bridgehead atoms. The lowest BCUT2D eigenvalue weighted by atomic mass is 10.0. The van der Waals surface area contributed by atoms with Crippen LogP contribution in [-0.4, -0.2) is 33.3 Å². The van der Waals surface area contributed by atoms with Crippen LogP contribution in [0.2, 0.25) is 0 Å². The molecule has 1 aliphatic rings. The van der Waals surface area contributed by atoms with Crippen molar-refractivity contribution in [3.05, 3.63) is 29.0 Å². The van der Waals surface area contributed by atoms with Crippen LogP contribution in [0.5, 0.6) is 0 Å². The number of ether oxygens (including phenoxy) is 1. The van der Waals surface area contributed by atoms with Gasteiger partial charge >= 0.3 is 0 Å². The van der Waals surface area contributed by atoms with E-state index in [1.165, 1.54) is 11.7 Å². The second-order valence-electron chi connectivity index (χ2n) is 3.35. The molecule has 0 spiro atoms. The number of imidazole rings is 1. The number of allylic oxidation sites excluding steroid dienone is 2. The number of aliphatic hydroxyl groups excluding tert-OH is 1. The molecule has 6 nitrogen and oxygen atoms in total. The molecule has 1 aromatic rings. The summed E-state index contributed by atoms with van der Waals surface area (Å²) in [5.74, 6) is -0.536. The summed E-state index contributed by atoms with van der Waals surface area (Å²) >= 11 is 0. The summed E-state index contributed by atoms with van der Waals surface area (Å²) in [5.41, 5.74) is 0.228. The van der Waals surface area contributed by atoms with Gasteiger partial charge in [0.05, 0.1) is 7.11 Å². The first-order chi connectivity index (χ1) is 7.60. The van der Waals surface area contributed by atoms with E-state index in [4.69, 9.17) is 9.84 Å². The molecule has 0 atom stereocenters. The van der Waals surface area contributed by atoms with Crippen molar-refractivity contribution < 1.29 is 19.4 Å². The van der Waals surface area contributed by atoms with Gasteiger partial charge in [0.15, 0.2) is 5.76 Å². The van der Waals surface area contributed by atoms with E-state index in [2.05, 4.69) is 4.98 Å². The van der Waals surface area contributed by atoms with Crippen LogP contribution in [0.15, 0.2) is 11.8 Å². The Hall–Kier alpha value is -1.95. The minimum absolute atomic E-state index is 0.0277. The van der Waals surface area contributed by atoms with Gasteiger partial charge in [0.1, 0.15) is 23.8 Å². The molecular formula is C10H10N2O4. The Morgan fingerprint density at radius 1 is 1.50 bits per heavy atom. The predicted octanol–water partition coefficient (Wildman–Crippen LogP) is -0.178. The summed E-state index contributed by atoms with van der Waals surface area (Å²) in [6.07, 6.45) is 1.13. The second kappa shape index (κ2) is 3.57. The van der Waals surface area contributed by atoms with Crippen molar-refractivity contribution in [3.8, 4) is 0 Å². The highest BCUT2D eigenvalue weighted by atomic mass is 16.5. The first-order valence-corrected chi connectivity index (χ1v) is 4.61. The van der Waals surface area contributed by atoms with Gasteiger partial charge in [-0.05, 0) is 0 Å². The summed E-state index contributed by atoms with van der Waals surface area (Å²) in [7, 11) is 2.89. The van der Waals surface area contributed by atoms with Crippen LogP contribution in [-0.2, 0) is 18.4 Å². The standard InChI is InChI=1S/C10H10N2O4/c1-12-7(4-13)11-8-9(12)5(14)3-6(16-2)10(8)15/h3,13H,4H2,1-2H3. The number of aromatic nitrogens is 2. The third-order valence-corrected chi connectivity index (χ3v) is 2.48.